The third-order valence-electron chi connectivity index (χ3n) is 2.83. The Bertz CT molecular complexity index is 260. The van der Waals surface area contributed by atoms with Crippen molar-refractivity contribution in [2.75, 3.05) is 39.3 Å². The molecule has 18 heavy (non-hydrogen) atoms. The smallest absolute Gasteiger partial charge is 0.319 e. The number of piperazine rings is 1. The Balaban J connectivity index is 2.36. The van der Waals surface area contributed by atoms with E-state index < -0.39 is 24.5 Å². The fraction of sp³-hybridized carbons (Fsp3) is 1.00. The molecule has 0 unspecified atom stereocenters. The van der Waals surface area contributed by atoms with Crippen LogP contribution in [0.15, 0.2) is 0 Å². The molecule has 1 N–H and O–H groups in total. The number of alkyl halides is 4. The van der Waals surface area contributed by atoms with Crippen molar-refractivity contribution >= 4 is 0 Å². The van der Waals surface area contributed by atoms with Crippen LogP contribution in [0.1, 0.15) is 13.8 Å². The van der Waals surface area contributed by atoms with Gasteiger partial charge in [-0.2, -0.15) is 8.78 Å². The number of hydrogen-bond acceptors (Lipinski definition) is 3. The highest BCUT2D eigenvalue weighted by Gasteiger charge is 2.42. The Morgan fingerprint density at radius 3 is 1.72 bits per heavy atom. The van der Waals surface area contributed by atoms with Gasteiger partial charge in [0.05, 0.1) is 12.1 Å². The van der Waals surface area contributed by atoms with Crippen LogP contribution in [-0.2, 0) is 0 Å². The van der Waals surface area contributed by atoms with Crippen LogP contribution >= 0.6 is 0 Å². The molecule has 0 aliphatic carbocycles. The van der Waals surface area contributed by atoms with Gasteiger partial charge in [0, 0.05) is 32.7 Å². The minimum Gasteiger partial charge on any atom is -0.389 e. The van der Waals surface area contributed by atoms with Gasteiger partial charge >= 0.3 is 12.3 Å². The van der Waals surface area contributed by atoms with E-state index >= 15 is 0 Å². The molecule has 1 rings (SSSR count). The SMILES string of the molecule is CC(C)(O)CN1CCN(CC(F)(F)C(F)F)CC1. The second-order valence-electron chi connectivity index (χ2n) is 5.43. The van der Waals surface area contributed by atoms with Crippen molar-refractivity contribution in [1.29, 1.82) is 0 Å². The first kappa shape index (κ1) is 15.7. The highest BCUT2D eigenvalue weighted by atomic mass is 19.3. The molecule has 0 saturated carbocycles. The van der Waals surface area contributed by atoms with Crippen LogP contribution in [-0.4, -0.2) is 72.1 Å². The molecule has 1 heterocycles. The number of hydrogen-bond donors (Lipinski definition) is 1. The largest absolute Gasteiger partial charge is 0.389 e. The van der Waals surface area contributed by atoms with E-state index in [1.165, 1.54) is 4.90 Å². The van der Waals surface area contributed by atoms with Crippen molar-refractivity contribution in [3.8, 4) is 0 Å². The molecular formula is C11H20F4N2O. The highest BCUT2D eigenvalue weighted by molar-refractivity contribution is 4.81. The summed E-state index contributed by atoms with van der Waals surface area (Å²) in [5.41, 5.74) is -0.838. The Kier molecular flexibility index (Phi) is 4.97. The third kappa shape index (κ3) is 5.07. The summed E-state index contributed by atoms with van der Waals surface area (Å²) in [4.78, 5) is 3.28. The van der Waals surface area contributed by atoms with Crippen LogP contribution in [0.5, 0.6) is 0 Å². The quantitative estimate of drug-likeness (QED) is 0.764. The molecule has 7 heteroatoms. The second kappa shape index (κ2) is 5.71. The molecule has 0 aromatic heterocycles. The van der Waals surface area contributed by atoms with E-state index in [9.17, 15) is 22.7 Å². The monoisotopic (exact) mass is 272 g/mol. The molecule has 1 saturated heterocycles. The number of aliphatic hydroxyl groups is 1. The Morgan fingerprint density at radius 2 is 1.39 bits per heavy atom. The third-order valence-corrected chi connectivity index (χ3v) is 2.83. The zero-order valence-electron chi connectivity index (χ0n) is 10.7. The van der Waals surface area contributed by atoms with Gasteiger partial charge in [0.25, 0.3) is 0 Å². The maximum atomic E-state index is 12.9. The molecule has 0 atom stereocenters. The summed E-state index contributed by atoms with van der Waals surface area (Å²) < 4.78 is 49.8. The predicted molar refractivity (Wildman–Crippen MR) is 60.1 cm³/mol. The molecule has 0 aromatic rings. The Labute approximate surface area is 104 Å². The molecule has 0 amide bonds. The lowest BCUT2D eigenvalue weighted by molar-refractivity contribution is -0.145. The fourth-order valence-electron chi connectivity index (χ4n) is 2.02. The summed E-state index contributed by atoms with van der Waals surface area (Å²) in [6, 6.07) is 0. The van der Waals surface area contributed by atoms with Crippen LogP contribution in [0.4, 0.5) is 17.6 Å². The van der Waals surface area contributed by atoms with E-state index in [0.29, 0.717) is 32.7 Å². The average Bonchev–Trinajstić information content (AvgIpc) is 2.18. The van der Waals surface area contributed by atoms with Crippen LogP contribution in [0.2, 0.25) is 0 Å². The van der Waals surface area contributed by atoms with Gasteiger partial charge in [0.1, 0.15) is 0 Å². The van der Waals surface area contributed by atoms with Crippen LogP contribution in [0.3, 0.4) is 0 Å². The van der Waals surface area contributed by atoms with Gasteiger partial charge in [0.2, 0.25) is 0 Å². The molecule has 0 spiro atoms. The molecule has 0 radical (unpaired) electrons. The summed E-state index contributed by atoms with van der Waals surface area (Å²) in [5.74, 6) is -3.95. The van der Waals surface area contributed by atoms with Gasteiger partial charge in [0.15, 0.2) is 0 Å². The molecule has 0 bridgehead atoms. The van der Waals surface area contributed by atoms with Gasteiger partial charge < -0.3 is 5.11 Å². The summed E-state index contributed by atoms with van der Waals surface area (Å²) in [6.07, 6.45) is -3.62. The van der Waals surface area contributed by atoms with Crippen molar-refractivity contribution in [2.45, 2.75) is 31.8 Å². The lowest BCUT2D eigenvalue weighted by Crippen LogP contribution is -2.53. The van der Waals surface area contributed by atoms with Crippen LogP contribution in [0.25, 0.3) is 0 Å². The van der Waals surface area contributed by atoms with E-state index in [4.69, 9.17) is 0 Å². The fourth-order valence-corrected chi connectivity index (χ4v) is 2.02. The lowest BCUT2D eigenvalue weighted by Gasteiger charge is -2.38. The average molecular weight is 272 g/mol. The Morgan fingerprint density at radius 1 is 1.00 bits per heavy atom. The number of β-amino-alcohol motifs (C(OH)–C–C–N with tert-alkyl or cyclic N) is 1. The number of halogens is 4. The normalized spacial score (nSPS) is 20.7. The number of rotatable bonds is 5. The van der Waals surface area contributed by atoms with Gasteiger partial charge in [-0.1, -0.05) is 0 Å². The van der Waals surface area contributed by atoms with Crippen molar-refractivity contribution < 1.29 is 22.7 Å². The van der Waals surface area contributed by atoms with E-state index in [0.717, 1.165) is 0 Å². The van der Waals surface area contributed by atoms with Gasteiger partial charge in [-0.15, -0.1) is 0 Å². The van der Waals surface area contributed by atoms with Crippen LogP contribution in [0, 0.1) is 0 Å². The van der Waals surface area contributed by atoms with Gasteiger partial charge in [-0.3, -0.25) is 9.80 Å². The maximum Gasteiger partial charge on any atom is 0.319 e. The van der Waals surface area contributed by atoms with Crippen molar-refractivity contribution in [3.63, 3.8) is 0 Å². The molecule has 108 valence electrons. The molecule has 1 fully saturated rings. The maximum absolute atomic E-state index is 12.9. The van der Waals surface area contributed by atoms with Crippen molar-refractivity contribution in [3.05, 3.63) is 0 Å². The van der Waals surface area contributed by atoms with Crippen molar-refractivity contribution in [2.24, 2.45) is 0 Å². The van der Waals surface area contributed by atoms with E-state index in [1.807, 2.05) is 4.90 Å². The summed E-state index contributed by atoms with van der Waals surface area (Å²) in [7, 11) is 0. The lowest BCUT2D eigenvalue weighted by atomic mass is 10.1. The summed E-state index contributed by atoms with van der Waals surface area (Å²) in [6.45, 7) is 4.53. The van der Waals surface area contributed by atoms with Crippen molar-refractivity contribution in [1.82, 2.24) is 9.80 Å². The molecule has 1 aliphatic heterocycles. The van der Waals surface area contributed by atoms with E-state index in [1.54, 1.807) is 13.8 Å². The molecule has 1 aliphatic rings. The standard InChI is InChI=1S/C11H20F4N2O/c1-10(2,18)7-16-3-5-17(6-4-16)8-11(14,15)9(12)13/h9,18H,3-8H2,1-2H3. The topological polar surface area (TPSA) is 26.7 Å². The summed E-state index contributed by atoms with van der Waals surface area (Å²) in [5, 5.41) is 9.62. The number of nitrogens with zero attached hydrogens (tertiary/aromatic N) is 2. The first-order valence-electron chi connectivity index (χ1n) is 5.93. The van der Waals surface area contributed by atoms with Gasteiger partial charge in [-0.05, 0) is 13.8 Å². The molecular weight excluding hydrogens is 252 g/mol. The second-order valence-corrected chi connectivity index (χ2v) is 5.43. The first-order chi connectivity index (χ1) is 8.10. The van der Waals surface area contributed by atoms with E-state index in [2.05, 4.69) is 0 Å². The zero-order chi connectivity index (χ0) is 14.0. The minimum absolute atomic E-state index is 0.318. The zero-order valence-corrected chi connectivity index (χ0v) is 10.7. The molecule has 3 nitrogen and oxygen atoms in total. The first-order valence-corrected chi connectivity index (χ1v) is 5.93. The summed E-state index contributed by atoms with van der Waals surface area (Å²) >= 11 is 0. The van der Waals surface area contributed by atoms with E-state index in [-0.39, 0.29) is 0 Å². The molecule has 0 aromatic carbocycles. The predicted octanol–water partition coefficient (Wildman–Crippen LogP) is 1.28. The minimum atomic E-state index is -3.95. The Hall–Kier alpha value is -0.400. The van der Waals surface area contributed by atoms with Crippen LogP contribution < -0.4 is 0 Å². The highest BCUT2D eigenvalue weighted by Crippen LogP contribution is 2.24. The van der Waals surface area contributed by atoms with Gasteiger partial charge in [-0.25, -0.2) is 8.78 Å².